The molecule has 0 spiro atoms. The Kier molecular flexibility index (Phi) is 5.00. The highest BCUT2D eigenvalue weighted by atomic mass is 32.2. The molecule has 130 valence electrons. The van der Waals surface area contributed by atoms with E-state index in [4.69, 9.17) is 5.73 Å². The van der Waals surface area contributed by atoms with Crippen molar-refractivity contribution in [2.45, 2.75) is 10.9 Å². The Bertz CT molecular complexity index is 947. The van der Waals surface area contributed by atoms with Gasteiger partial charge in [0.25, 0.3) is 0 Å². The minimum absolute atomic E-state index is 0.233. The number of hydrazone groups is 1. The molecular weight excluding hydrogens is 358 g/mol. The molecule has 3 rings (SSSR count). The predicted octanol–water partition coefficient (Wildman–Crippen LogP) is 2.01. The zero-order chi connectivity index (χ0) is 18.0. The molecule has 0 amide bonds. The maximum absolute atomic E-state index is 11.5. The van der Waals surface area contributed by atoms with Crippen LogP contribution in [0, 0.1) is 0 Å². The van der Waals surface area contributed by atoms with Crippen molar-refractivity contribution < 1.29 is 4.79 Å². The maximum atomic E-state index is 11.5. The van der Waals surface area contributed by atoms with Gasteiger partial charge in [0.05, 0.1) is 28.8 Å². The molecule has 3 aromatic heterocycles. The molecule has 10 heteroatoms. The zero-order valence-corrected chi connectivity index (χ0v) is 15.6. The van der Waals surface area contributed by atoms with Crippen LogP contribution >= 0.6 is 23.1 Å². The summed E-state index contributed by atoms with van der Waals surface area (Å²) in [6, 6.07) is 1.79. The number of hydrogen-bond acceptors (Lipinski definition) is 9. The van der Waals surface area contributed by atoms with Gasteiger partial charge in [-0.2, -0.15) is 5.10 Å². The Balaban J connectivity index is 1.89. The number of thiazole rings is 1. The van der Waals surface area contributed by atoms with Crippen LogP contribution in [0.2, 0.25) is 0 Å². The number of nitrogen functional groups attached to an aromatic ring is 1. The molecule has 0 radical (unpaired) electrons. The SMILES string of the molecule is CSc1nc2c(s1)c(/C=N\N(C)Cc1ccnc(N)n1)c(C=O)n2C. The van der Waals surface area contributed by atoms with Crippen molar-refractivity contribution in [3.8, 4) is 0 Å². The smallest absolute Gasteiger partial charge is 0.220 e. The number of carbonyl (C=O) groups excluding carboxylic acids is 1. The highest BCUT2D eigenvalue weighted by Gasteiger charge is 2.18. The number of aromatic nitrogens is 4. The molecule has 3 heterocycles. The average molecular weight is 375 g/mol. The minimum atomic E-state index is 0.233. The summed E-state index contributed by atoms with van der Waals surface area (Å²) < 4.78 is 3.71. The quantitative estimate of drug-likeness (QED) is 0.304. The maximum Gasteiger partial charge on any atom is 0.220 e. The summed E-state index contributed by atoms with van der Waals surface area (Å²) in [6.45, 7) is 0.481. The number of fused-ring (bicyclic) bond motifs is 1. The van der Waals surface area contributed by atoms with Crippen LogP contribution in [0.1, 0.15) is 21.7 Å². The molecule has 0 saturated heterocycles. The lowest BCUT2D eigenvalue weighted by molar-refractivity contribution is 0.111. The summed E-state index contributed by atoms with van der Waals surface area (Å²) in [5, 5.41) is 6.16. The zero-order valence-electron chi connectivity index (χ0n) is 14.0. The third kappa shape index (κ3) is 3.49. The van der Waals surface area contributed by atoms with E-state index in [9.17, 15) is 4.79 Å². The number of nitrogens with two attached hydrogens (primary N) is 1. The van der Waals surface area contributed by atoms with Crippen LogP contribution < -0.4 is 5.73 Å². The first-order valence-electron chi connectivity index (χ1n) is 7.34. The van der Waals surface area contributed by atoms with E-state index in [2.05, 4.69) is 20.1 Å². The van der Waals surface area contributed by atoms with Crippen molar-refractivity contribution in [3.63, 3.8) is 0 Å². The fraction of sp³-hybridized carbons (Fsp3) is 0.267. The molecule has 0 aliphatic carbocycles. The molecule has 0 fully saturated rings. The van der Waals surface area contributed by atoms with E-state index in [1.165, 1.54) is 0 Å². The summed E-state index contributed by atoms with van der Waals surface area (Å²) >= 11 is 3.14. The highest BCUT2D eigenvalue weighted by Crippen LogP contribution is 2.32. The van der Waals surface area contributed by atoms with E-state index in [1.807, 2.05) is 20.4 Å². The van der Waals surface area contributed by atoms with E-state index in [1.54, 1.807) is 51.2 Å². The molecule has 2 N–H and O–H groups in total. The van der Waals surface area contributed by atoms with Gasteiger partial charge in [-0.1, -0.05) is 11.8 Å². The van der Waals surface area contributed by atoms with Gasteiger partial charge in [-0.15, -0.1) is 11.3 Å². The molecule has 0 saturated carbocycles. The second kappa shape index (κ2) is 7.19. The fourth-order valence-electron chi connectivity index (χ4n) is 2.39. The van der Waals surface area contributed by atoms with Crippen LogP contribution in [-0.4, -0.2) is 50.3 Å². The van der Waals surface area contributed by atoms with Crippen molar-refractivity contribution in [1.82, 2.24) is 24.5 Å². The Morgan fingerprint density at radius 3 is 2.96 bits per heavy atom. The normalized spacial score (nSPS) is 11.5. The molecule has 0 aromatic carbocycles. The van der Waals surface area contributed by atoms with Crippen molar-refractivity contribution in [2.75, 3.05) is 19.0 Å². The number of anilines is 1. The third-order valence-electron chi connectivity index (χ3n) is 3.58. The molecule has 0 aliphatic rings. The van der Waals surface area contributed by atoms with E-state index in [-0.39, 0.29) is 5.95 Å². The van der Waals surface area contributed by atoms with Gasteiger partial charge in [0.15, 0.2) is 16.3 Å². The Hall–Kier alpha value is -2.46. The Morgan fingerprint density at radius 1 is 1.48 bits per heavy atom. The number of thioether (sulfide) groups is 1. The fourth-order valence-corrected chi connectivity index (χ4v) is 4.00. The minimum Gasteiger partial charge on any atom is -0.368 e. The van der Waals surface area contributed by atoms with E-state index >= 15 is 0 Å². The molecule has 0 atom stereocenters. The summed E-state index contributed by atoms with van der Waals surface area (Å²) in [5.74, 6) is 0.233. The Labute approximate surface area is 152 Å². The van der Waals surface area contributed by atoms with Gasteiger partial charge >= 0.3 is 0 Å². The van der Waals surface area contributed by atoms with Gasteiger partial charge in [-0.25, -0.2) is 15.0 Å². The number of hydrogen-bond donors (Lipinski definition) is 1. The second-order valence-corrected chi connectivity index (χ2v) is 7.33. The first kappa shape index (κ1) is 17.4. The van der Waals surface area contributed by atoms with Crippen molar-refractivity contribution >= 4 is 51.9 Å². The number of rotatable bonds is 6. The van der Waals surface area contributed by atoms with Crippen molar-refractivity contribution in [2.24, 2.45) is 12.1 Å². The first-order chi connectivity index (χ1) is 12.0. The summed E-state index contributed by atoms with van der Waals surface area (Å²) in [5.41, 5.74) is 8.49. The highest BCUT2D eigenvalue weighted by molar-refractivity contribution is 8.00. The number of aldehydes is 1. The van der Waals surface area contributed by atoms with Crippen molar-refractivity contribution in [3.05, 3.63) is 29.2 Å². The summed E-state index contributed by atoms with van der Waals surface area (Å²) in [6.07, 6.45) is 6.12. The number of carbonyl (C=O) groups is 1. The lowest BCUT2D eigenvalue weighted by Gasteiger charge is -2.11. The summed E-state index contributed by atoms with van der Waals surface area (Å²) in [7, 11) is 3.66. The topological polar surface area (TPSA) is 102 Å². The molecule has 0 unspecified atom stereocenters. The van der Waals surface area contributed by atoms with Gasteiger partial charge in [-0.3, -0.25) is 9.80 Å². The molecule has 8 nitrogen and oxygen atoms in total. The monoisotopic (exact) mass is 375 g/mol. The third-order valence-corrected chi connectivity index (χ3v) is 5.65. The molecule has 0 bridgehead atoms. The largest absolute Gasteiger partial charge is 0.368 e. The van der Waals surface area contributed by atoms with Crippen LogP contribution in [0.3, 0.4) is 0 Å². The van der Waals surface area contributed by atoms with Gasteiger partial charge in [0, 0.05) is 25.9 Å². The van der Waals surface area contributed by atoms with E-state index < -0.39 is 0 Å². The lowest BCUT2D eigenvalue weighted by Crippen LogP contribution is -2.13. The van der Waals surface area contributed by atoms with Crippen LogP contribution in [0.15, 0.2) is 21.7 Å². The van der Waals surface area contributed by atoms with Crippen LogP contribution in [0.4, 0.5) is 5.95 Å². The van der Waals surface area contributed by atoms with Gasteiger partial charge in [-0.05, 0) is 12.3 Å². The van der Waals surface area contributed by atoms with Gasteiger partial charge in [0.2, 0.25) is 5.95 Å². The van der Waals surface area contributed by atoms with Crippen molar-refractivity contribution in [1.29, 1.82) is 0 Å². The number of aryl methyl sites for hydroxylation is 1. The van der Waals surface area contributed by atoms with Gasteiger partial charge < -0.3 is 10.3 Å². The molecule has 0 aliphatic heterocycles. The van der Waals surface area contributed by atoms with Gasteiger partial charge in [0.1, 0.15) is 0 Å². The van der Waals surface area contributed by atoms with E-state index in [0.29, 0.717) is 12.2 Å². The van der Waals surface area contributed by atoms with E-state index in [0.717, 1.165) is 32.2 Å². The van der Waals surface area contributed by atoms with Crippen LogP contribution in [-0.2, 0) is 13.6 Å². The van der Waals surface area contributed by atoms with Crippen LogP contribution in [0.25, 0.3) is 10.3 Å². The summed E-state index contributed by atoms with van der Waals surface area (Å²) in [4.78, 5) is 24.1. The molecule has 25 heavy (non-hydrogen) atoms. The van der Waals surface area contributed by atoms with Crippen LogP contribution in [0.5, 0.6) is 0 Å². The number of nitrogens with zero attached hydrogens (tertiary/aromatic N) is 6. The standard InChI is InChI=1S/C15H17N7OS2/c1-21(7-9-4-5-17-14(16)19-9)18-6-10-11(8-23)22(2)13-12(10)25-15(20-13)24-3/h4-6,8H,7H2,1-3H3,(H2,16,17,19)/b18-6-. The molecule has 3 aromatic rings. The molecular formula is C15H17N7OS2. The second-order valence-electron chi connectivity index (χ2n) is 5.28. The first-order valence-corrected chi connectivity index (χ1v) is 9.38. The predicted molar refractivity (Wildman–Crippen MR) is 101 cm³/mol. The average Bonchev–Trinajstić information content (AvgIpc) is 3.11. The lowest BCUT2D eigenvalue weighted by atomic mass is 10.3. The Morgan fingerprint density at radius 2 is 2.28 bits per heavy atom.